The van der Waals surface area contributed by atoms with Crippen LogP contribution >= 0.6 is 12.4 Å². The predicted molar refractivity (Wildman–Crippen MR) is 94.9 cm³/mol. The van der Waals surface area contributed by atoms with Crippen molar-refractivity contribution in [2.45, 2.75) is 38.3 Å². The van der Waals surface area contributed by atoms with Crippen LogP contribution < -0.4 is 5.73 Å². The van der Waals surface area contributed by atoms with Crippen molar-refractivity contribution in [1.29, 1.82) is 0 Å². The molecular formula is C18H25ClN4O. The quantitative estimate of drug-likeness (QED) is 0.919. The average Bonchev–Trinajstić information content (AvgIpc) is 3.16. The molecule has 1 aromatic heterocycles. The molecule has 5 nitrogen and oxygen atoms in total. The molecule has 1 aromatic carbocycles. The topological polar surface area (TPSA) is 68.2 Å². The number of rotatable bonds is 4. The van der Waals surface area contributed by atoms with Crippen LogP contribution in [0.2, 0.25) is 0 Å². The third kappa shape index (κ3) is 3.79. The standard InChI is InChI=1S/C18H24N4O.ClH/c19-16-8-4-7-14-10-22(11-15(14)16)12-18-20-17(21-23-18)9-13-5-2-1-3-6-13;/h1-3,5-6,14-16H,4,7-12,19H2;1H. The molecule has 4 rings (SSSR count). The maximum absolute atomic E-state index is 6.29. The average molecular weight is 349 g/mol. The lowest BCUT2D eigenvalue weighted by Gasteiger charge is -2.29. The van der Waals surface area contributed by atoms with E-state index in [1.54, 1.807) is 0 Å². The number of likely N-dealkylation sites (tertiary alicyclic amines) is 1. The molecule has 0 radical (unpaired) electrons. The normalized spacial score (nSPS) is 26.8. The van der Waals surface area contributed by atoms with Gasteiger partial charge in [0.15, 0.2) is 5.82 Å². The highest BCUT2D eigenvalue weighted by Gasteiger charge is 2.38. The van der Waals surface area contributed by atoms with Gasteiger partial charge >= 0.3 is 0 Å². The fourth-order valence-corrected chi connectivity index (χ4v) is 4.13. The molecule has 1 aliphatic heterocycles. The zero-order valence-electron chi connectivity index (χ0n) is 13.8. The van der Waals surface area contributed by atoms with E-state index in [0.717, 1.165) is 43.7 Å². The summed E-state index contributed by atoms with van der Waals surface area (Å²) in [6, 6.07) is 10.6. The first-order valence-corrected chi connectivity index (χ1v) is 8.61. The van der Waals surface area contributed by atoms with Gasteiger partial charge in [0.1, 0.15) is 0 Å². The van der Waals surface area contributed by atoms with Crippen molar-refractivity contribution in [2.75, 3.05) is 13.1 Å². The van der Waals surface area contributed by atoms with Gasteiger partial charge in [0.05, 0.1) is 6.54 Å². The highest BCUT2D eigenvalue weighted by atomic mass is 35.5. The number of halogens is 1. The van der Waals surface area contributed by atoms with E-state index in [2.05, 4.69) is 27.2 Å². The van der Waals surface area contributed by atoms with Crippen LogP contribution in [0.1, 0.15) is 36.5 Å². The lowest BCUT2D eigenvalue weighted by molar-refractivity contribution is 0.252. The Kier molecular flexibility index (Phi) is 5.54. The zero-order chi connectivity index (χ0) is 15.6. The minimum Gasteiger partial charge on any atom is -0.338 e. The van der Waals surface area contributed by atoms with Crippen LogP contribution in [-0.2, 0) is 13.0 Å². The van der Waals surface area contributed by atoms with Crippen molar-refractivity contribution in [3.05, 3.63) is 47.6 Å². The Balaban J connectivity index is 0.00000169. The summed E-state index contributed by atoms with van der Waals surface area (Å²) in [6.45, 7) is 2.94. The fourth-order valence-electron chi connectivity index (χ4n) is 4.13. The van der Waals surface area contributed by atoms with E-state index in [0.29, 0.717) is 12.0 Å². The van der Waals surface area contributed by atoms with Crippen LogP contribution in [0, 0.1) is 11.8 Å². The first-order valence-electron chi connectivity index (χ1n) is 8.61. The van der Waals surface area contributed by atoms with Gasteiger partial charge in [0.25, 0.3) is 0 Å². The summed E-state index contributed by atoms with van der Waals surface area (Å²) >= 11 is 0. The molecule has 2 heterocycles. The number of hydrogen-bond acceptors (Lipinski definition) is 5. The van der Waals surface area contributed by atoms with E-state index in [4.69, 9.17) is 10.3 Å². The van der Waals surface area contributed by atoms with Gasteiger partial charge < -0.3 is 10.3 Å². The Morgan fingerprint density at radius 1 is 1.17 bits per heavy atom. The highest BCUT2D eigenvalue weighted by molar-refractivity contribution is 5.85. The monoisotopic (exact) mass is 348 g/mol. The summed E-state index contributed by atoms with van der Waals surface area (Å²) in [4.78, 5) is 6.99. The molecule has 3 unspecified atom stereocenters. The highest BCUT2D eigenvalue weighted by Crippen LogP contribution is 2.35. The minimum atomic E-state index is 0. The smallest absolute Gasteiger partial charge is 0.240 e. The maximum Gasteiger partial charge on any atom is 0.240 e. The Labute approximate surface area is 149 Å². The third-order valence-corrected chi connectivity index (χ3v) is 5.30. The molecule has 24 heavy (non-hydrogen) atoms. The summed E-state index contributed by atoms with van der Waals surface area (Å²) in [5.74, 6) is 2.89. The summed E-state index contributed by atoms with van der Waals surface area (Å²) in [6.07, 6.45) is 4.49. The first kappa shape index (κ1) is 17.4. The van der Waals surface area contributed by atoms with Gasteiger partial charge in [0.2, 0.25) is 5.89 Å². The largest absolute Gasteiger partial charge is 0.338 e. The summed E-state index contributed by atoms with van der Waals surface area (Å²) < 4.78 is 5.44. The number of aromatic nitrogens is 2. The predicted octanol–water partition coefficient (Wildman–Crippen LogP) is 2.64. The van der Waals surface area contributed by atoms with Gasteiger partial charge in [-0.25, -0.2) is 0 Å². The lowest BCUT2D eigenvalue weighted by Crippen LogP contribution is -2.38. The van der Waals surface area contributed by atoms with E-state index >= 15 is 0 Å². The second-order valence-electron chi connectivity index (χ2n) is 6.98. The van der Waals surface area contributed by atoms with Crippen LogP contribution in [0.3, 0.4) is 0 Å². The van der Waals surface area contributed by atoms with Crippen LogP contribution in [0.15, 0.2) is 34.9 Å². The first-order chi connectivity index (χ1) is 11.3. The van der Waals surface area contributed by atoms with Crippen LogP contribution in [-0.4, -0.2) is 34.2 Å². The van der Waals surface area contributed by atoms with Gasteiger partial charge in [-0.3, -0.25) is 4.90 Å². The summed E-state index contributed by atoms with van der Waals surface area (Å²) in [7, 11) is 0. The van der Waals surface area contributed by atoms with E-state index in [1.807, 2.05) is 18.2 Å². The summed E-state index contributed by atoms with van der Waals surface area (Å²) in [5.41, 5.74) is 7.49. The number of hydrogen-bond donors (Lipinski definition) is 1. The van der Waals surface area contributed by atoms with Crippen molar-refractivity contribution in [2.24, 2.45) is 17.6 Å². The SMILES string of the molecule is Cl.NC1CCCC2CN(Cc3nc(Cc4ccccc4)no3)CC12. The molecule has 1 saturated carbocycles. The van der Waals surface area contributed by atoms with E-state index in [-0.39, 0.29) is 12.4 Å². The molecule has 0 spiro atoms. The van der Waals surface area contributed by atoms with Gasteiger partial charge in [-0.15, -0.1) is 12.4 Å². The maximum atomic E-state index is 6.29. The molecule has 3 atom stereocenters. The molecule has 1 saturated heterocycles. The van der Waals surface area contributed by atoms with Gasteiger partial charge in [0, 0.05) is 25.6 Å². The molecule has 2 N–H and O–H groups in total. The van der Waals surface area contributed by atoms with Gasteiger partial charge in [-0.05, 0) is 30.2 Å². The Bertz CT molecular complexity index is 647. The van der Waals surface area contributed by atoms with E-state index in [9.17, 15) is 0 Å². The molecule has 2 aliphatic rings. The number of nitrogens with two attached hydrogens (primary N) is 1. The van der Waals surface area contributed by atoms with E-state index < -0.39 is 0 Å². The van der Waals surface area contributed by atoms with Crippen molar-refractivity contribution in [3.8, 4) is 0 Å². The van der Waals surface area contributed by atoms with Crippen molar-refractivity contribution >= 4 is 12.4 Å². The molecule has 2 aromatic rings. The molecule has 2 fully saturated rings. The second kappa shape index (κ2) is 7.64. The molecule has 1 aliphatic carbocycles. The number of benzene rings is 1. The van der Waals surface area contributed by atoms with Gasteiger partial charge in [-0.2, -0.15) is 4.98 Å². The second-order valence-corrected chi connectivity index (χ2v) is 6.98. The zero-order valence-corrected chi connectivity index (χ0v) is 14.6. The van der Waals surface area contributed by atoms with Crippen LogP contribution in [0.25, 0.3) is 0 Å². The summed E-state index contributed by atoms with van der Waals surface area (Å²) in [5, 5.41) is 4.12. The minimum absolute atomic E-state index is 0. The third-order valence-electron chi connectivity index (χ3n) is 5.30. The molecule has 130 valence electrons. The molecule has 6 heteroatoms. The Hall–Kier alpha value is -1.43. The van der Waals surface area contributed by atoms with Crippen molar-refractivity contribution in [1.82, 2.24) is 15.0 Å². The van der Waals surface area contributed by atoms with Crippen molar-refractivity contribution < 1.29 is 4.52 Å². The molecule has 0 bridgehead atoms. The lowest BCUT2D eigenvalue weighted by atomic mass is 9.78. The van der Waals surface area contributed by atoms with E-state index in [1.165, 1.54) is 24.8 Å². The van der Waals surface area contributed by atoms with Crippen LogP contribution in [0.4, 0.5) is 0 Å². The van der Waals surface area contributed by atoms with Crippen molar-refractivity contribution in [3.63, 3.8) is 0 Å². The Morgan fingerprint density at radius 3 is 2.79 bits per heavy atom. The number of fused-ring (bicyclic) bond motifs is 1. The molecular weight excluding hydrogens is 324 g/mol. The number of nitrogens with zero attached hydrogens (tertiary/aromatic N) is 3. The van der Waals surface area contributed by atoms with Gasteiger partial charge in [-0.1, -0.05) is 41.9 Å². The molecule has 0 amide bonds. The fraction of sp³-hybridized carbons (Fsp3) is 0.556. The Morgan fingerprint density at radius 2 is 2.00 bits per heavy atom. The van der Waals surface area contributed by atoms with Crippen LogP contribution in [0.5, 0.6) is 0 Å².